The van der Waals surface area contributed by atoms with Gasteiger partial charge < -0.3 is 0 Å². The molecule has 0 heterocycles. The van der Waals surface area contributed by atoms with Crippen LogP contribution in [0.1, 0.15) is 53.6 Å². The summed E-state index contributed by atoms with van der Waals surface area (Å²) >= 11 is -0.826. The number of halogens is 2. The van der Waals surface area contributed by atoms with Crippen LogP contribution in [0.2, 0.25) is 0 Å². The van der Waals surface area contributed by atoms with Crippen LogP contribution in [0.15, 0.2) is 36.4 Å². The molecule has 0 N–H and O–H groups in total. The van der Waals surface area contributed by atoms with Crippen molar-refractivity contribution in [3.63, 3.8) is 0 Å². The molecule has 0 radical (unpaired) electrons. The number of aryl methyl sites for hydroxylation is 1. The van der Waals surface area contributed by atoms with Crippen LogP contribution in [0.3, 0.4) is 0 Å². The zero-order valence-electron chi connectivity index (χ0n) is 16.8. The first-order chi connectivity index (χ1) is 12.4. The minimum absolute atomic E-state index is 0.826. The molecule has 0 aliphatic heterocycles. The fraction of sp³-hybridized carbons (Fsp3) is 0.391. The van der Waals surface area contributed by atoms with Crippen molar-refractivity contribution >= 4 is 27.8 Å². The third-order valence-corrected chi connectivity index (χ3v) is 5.18. The van der Waals surface area contributed by atoms with Gasteiger partial charge >= 0.3 is 37.9 Å². The molecule has 140 valence electrons. The minimum atomic E-state index is -0.826. The van der Waals surface area contributed by atoms with E-state index in [1.807, 2.05) is 0 Å². The van der Waals surface area contributed by atoms with Gasteiger partial charge in [0, 0.05) is 0 Å². The van der Waals surface area contributed by atoms with Crippen LogP contribution in [-0.2, 0) is 33.7 Å². The molecule has 0 aliphatic rings. The Morgan fingerprint density at radius 3 is 2.12 bits per heavy atom. The molecule has 0 fully saturated rings. The molecule has 3 heteroatoms. The van der Waals surface area contributed by atoms with Gasteiger partial charge in [0.25, 0.3) is 0 Å². The van der Waals surface area contributed by atoms with Crippen molar-refractivity contribution in [1.82, 2.24) is 0 Å². The Morgan fingerprint density at radius 2 is 1.65 bits per heavy atom. The SMILES string of the molecule is CCCc1c(C)c(C)c(C)[c-]1C.CCc1cc2ccccc2[cH-]1.[Cl][Zr+2][Cl]. The van der Waals surface area contributed by atoms with Gasteiger partial charge in [0.05, 0.1) is 0 Å². The second kappa shape index (κ2) is 12.2. The zero-order chi connectivity index (χ0) is 19.7. The molecule has 0 unspecified atom stereocenters. The van der Waals surface area contributed by atoms with Crippen LogP contribution in [0, 0.1) is 27.7 Å². The third-order valence-electron chi connectivity index (χ3n) is 5.18. The van der Waals surface area contributed by atoms with Gasteiger partial charge in [-0.3, -0.25) is 0 Å². The molecule has 0 bridgehead atoms. The number of hydrogen-bond donors (Lipinski definition) is 0. The molecule has 0 aliphatic carbocycles. The number of fused-ring (bicyclic) bond motifs is 1. The summed E-state index contributed by atoms with van der Waals surface area (Å²) in [6, 6.07) is 13.0. The van der Waals surface area contributed by atoms with Gasteiger partial charge in [0.1, 0.15) is 0 Å². The van der Waals surface area contributed by atoms with E-state index in [0.29, 0.717) is 0 Å². The second-order valence-corrected chi connectivity index (χ2v) is 10.4. The summed E-state index contributed by atoms with van der Waals surface area (Å²) < 4.78 is 0. The molecular weight excluding hydrogens is 438 g/mol. The normalized spacial score (nSPS) is 9.85. The van der Waals surface area contributed by atoms with E-state index in [1.54, 1.807) is 5.56 Å². The summed E-state index contributed by atoms with van der Waals surface area (Å²) in [6.07, 6.45) is 3.63. The monoisotopic (exact) mass is 466 g/mol. The van der Waals surface area contributed by atoms with E-state index in [0.717, 1.165) is 6.42 Å². The van der Waals surface area contributed by atoms with E-state index >= 15 is 0 Å². The predicted molar refractivity (Wildman–Crippen MR) is 116 cm³/mol. The maximum atomic E-state index is 4.93. The summed E-state index contributed by atoms with van der Waals surface area (Å²) in [5, 5.41) is 2.73. The first-order valence-corrected chi connectivity index (χ1v) is 15.6. The van der Waals surface area contributed by atoms with Gasteiger partial charge in [0.2, 0.25) is 0 Å². The summed E-state index contributed by atoms with van der Waals surface area (Å²) in [5.41, 5.74) is 9.06. The number of hydrogen-bond acceptors (Lipinski definition) is 0. The Bertz CT molecular complexity index is 737. The Hall–Kier alpha value is -0.357. The fourth-order valence-corrected chi connectivity index (χ4v) is 3.34. The Kier molecular flexibility index (Phi) is 11.1. The van der Waals surface area contributed by atoms with Gasteiger partial charge in [-0.05, 0) is 6.42 Å². The van der Waals surface area contributed by atoms with Crippen molar-refractivity contribution < 1.29 is 20.8 Å². The molecule has 0 atom stereocenters. The van der Waals surface area contributed by atoms with E-state index in [1.165, 1.54) is 51.4 Å². The van der Waals surface area contributed by atoms with Crippen molar-refractivity contribution in [2.45, 2.75) is 60.8 Å². The molecule has 0 aromatic heterocycles. The van der Waals surface area contributed by atoms with E-state index in [-0.39, 0.29) is 0 Å². The van der Waals surface area contributed by atoms with Crippen LogP contribution in [0.5, 0.6) is 0 Å². The number of benzene rings is 1. The molecule has 0 saturated heterocycles. The average molecular weight is 469 g/mol. The fourth-order valence-electron chi connectivity index (χ4n) is 3.34. The van der Waals surface area contributed by atoms with Crippen LogP contribution in [-0.4, -0.2) is 0 Å². The Labute approximate surface area is 178 Å². The van der Waals surface area contributed by atoms with E-state index in [9.17, 15) is 0 Å². The third kappa shape index (κ3) is 6.36. The summed E-state index contributed by atoms with van der Waals surface area (Å²) in [4.78, 5) is 0. The standard InChI is InChI=1S/C12H19.C11H11.2ClH.Zr/c1-6-7-12-10(4)8(2)9(3)11(12)5;1-2-9-7-10-5-3-4-6-11(10)8-9;;;/h6-7H2,1-5H3;3-8H,2H2,1H3;2*1H;/q2*-1;;;+4/p-2. The van der Waals surface area contributed by atoms with Crippen molar-refractivity contribution in [1.29, 1.82) is 0 Å². The predicted octanol–water partition coefficient (Wildman–Crippen LogP) is 8.09. The molecule has 0 nitrogen and oxygen atoms in total. The molecule has 0 amide bonds. The van der Waals surface area contributed by atoms with Crippen LogP contribution >= 0.6 is 17.0 Å². The molecule has 0 spiro atoms. The first kappa shape index (κ1) is 23.7. The van der Waals surface area contributed by atoms with Gasteiger partial charge in [0.15, 0.2) is 0 Å². The molecular formula is C23H30Cl2Zr. The molecule has 3 rings (SSSR count). The van der Waals surface area contributed by atoms with Crippen LogP contribution in [0.25, 0.3) is 10.8 Å². The maximum absolute atomic E-state index is 4.93. The topological polar surface area (TPSA) is 0 Å². The molecule has 26 heavy (non-hydrogen) atoms. The van der Waals surface area contributed by atoms with Crippen LogP contribution in [0.4, 0.5) is 0 Å². The average Bonchev–Trinajstić information content (AvgIpc) is 3.14. The van der Waals surface area contributed by atoms with Crippen molar-refractivity contribution in [3.05, 3.63) is 69.8 Å². The molecule has 3 aromatic carbocycles. The quantitative estimate of drug-likeness (QED) is 0.341. The Balaban J connectivity index is 0.000000227. The summed E-state index contributed by atoms with van der Waals surface area (Å²) in [5.74, 6) is 0. The van der Waals surface area contributed by atoms with Crippen molar-refractivity contribution in [3.8, 4) is 0 Å². The van der Waals surface area contributed by atoms with E-state index in [2.05, 4.69) is 77.9 Å². The Morgan fingerprint density at radius 1 is 1.04 bits per heavy atom. The van der Waals surface area contributed by atoms with Gasteiger partial charge in [-0.1, -0.05) is 60.5 Å². The van der Waals surface area contributed by atoms with Gasteiger partial charge in [-0.25, -0.2) is 0 Å². The van der Waals surface area contributed by atoms with Gasteiger partial charge in [-0.15, -0.1) is 40.6 Å². The molecule has 3 aromatic rings. The molecule has 0 saturated carbocycles. The van der Waals surface area contributed by atoms with Gasteiger partial charge in [-0.2, -0.15) is 33.9 Å². The van der Waals surface area contributed by atoms with E-state index in [4.69, 9.17) is 17.0 Å². The summed E-state index contributed by atoms with van der Waals surface area (Å²) in [6.45, 7) is 13.4. The first-order valence-electron chi connectivity index (χ1n) is 9.23. The van der Waals surface area contributed by atoms with Crippen molar-refractivity contribution in [2.24, 2.45) is 0 Å². The number of rotatable bonds is 3. The van der Waals surface area contributed by atoms with Crippen molar-refractivity contribution in [2.75, 3.05) is 0 Å². The zero-order valence-corrected chi connectivity index (χ0v) is 20.8. The summed E-state index contributed by atoms with van der Waals surface area (Å²) in [7, 11) is 9.87. The van der Waals surface area contributed by atoms with Crippen LogP contribution < -0.4 is 0 Å². The second-order valence-electron chi connectivity index (χ2n) is 6.65. The van der Waals surface area contributed by atoms with E-state index < -0.39 is 20.8 Å².